The maximum Gasteiger partial charge on any atom is 0.243 e. The smallest absolute Gasteiger partial charge is 0.243 e. The molecule has 6 heteroatoms. The van der Waals surface area contributed by atoms with Gasteiger partial charge in [0, 0.05) is 34.9 Å². The monoisotopic (exact) mass is 406 g/mol. The van der Waals surface area contributed by atoms with Crippen molar-refractivity contribution < 1.29 is 13.5 Å². The molecule has 1 aromatic heterocycles. The topological polar surface area (TPSA) is 62.5 Å². The number of sulfonamides is 1. The predicted octanol–water partition coefficient (Wildman–Crippen LogP) is 3.40. The van der Waals surface area contributed by atoms with Crippen molar-refractivity contribution in [3.63, 3.8) is 0 Å². The number of rotatable bonds is 4. The van der Waals surface area contributed by atoms with E-state index >= 15 is 0 Å². The zero-order valence-electron chi connectivity index (χ0n) is 15.9. The molecule has 0 saturated heterocycles. The third-order valence-electron chi connectivity index (χ3n) is 5.71. The quantitative estimate of drug-likeness (QED) is 0.565. The Morgan fingerprint density at radius 2 is 1.41 bits per heavy atom. The van der Waals surface area contributed by atoms with E-state index in [-0.39, 0.29) is 6.54 Å². The predicted molar refractivity (Wildman–Crippen MR) is 114 cm³/mol. The lowest BCUT2D eigenvalue weighted by Gasteiger charge is -2.30. The zero-order chi connectivity index (χ0) is 20.0. The number of aromatic nitrogens is 1. The summed E-state index contributed by atoms with van der Waals surface area (Å²) in [7, 11) is -3.58. The van der Waals surface area contributed by atoms with Crippen LogP contribution in [0.1, 0.15) is 5.56 Å². The minimum atomic E-state index is -3.58. The minimum Gasteiger partial charge on any atom is -0.390 e. The molecule has 0 bridgehead atoms. The average molecular weight is 407 g/mol. The van der Waals surface area contributed by atoms with Crippen molar-refractivity contribution in [2.45, 2.75) is 24.0 Å². The Hall–Kier alpha value is -2.67. The molecule has 1 atom stereocenters. The van der Waals surface area contributed by atoms with Crippen LogP contribution in [-0.4, -0.2) is 41.6 Å². The van der Waals surface area contributed by atoms with Crippen molar-refractivity contribution in [3.8, 4) is 0 Å². The lowest BCUT2D eigenvalue weighted by atomic mass is 10.1. The largest absolute Gasteiger partial charge is 0.390 e. The number of aliphatic hydroxyl groups excluding tert-OH is 1. The fourth-order valence-electron chi connectivity index (χ4n) is 4.36. The minimum absolute atomic E-state index is 0.0809. The number of benzene rings is 3. The molecule has 0 radical (unpaired) electrons. The Morgan fingerprint density at radius 1 is 0.828 bits per heavy atom. The van der Waals surface area contributed by atoms with Crippen LogP contribution in [-0.2, 0) is 23.0 Å². The summed E-state index contributed by atoms with van der Waals surface area (Å²) < 4.78 is 29.4. The maximum atomic E-state index is 13.0. The SMILES string of the molecule is O=S1(=O)c2ccccc2CCN1CC(O)Cn1c2ccccc2c2ccccc21. The van der Waals surface area contributed by atoms with Crippen LogP contribution in [0, 0.1) is 0 Å². The second-order valence-corrected chi connectivity index (χ2v) is 9.43. The van der Waals surface area contributed by atoms with Crippen LogP contribution in [0.5, 0.6) is 0 Å². The highest BCUT2D eigenvalue weighted by atomic mass is 32.2. The molecule has 148 valence electrons. The second-order valence-electron chi connectivity index (χ2n) is 7.52. The lowest BCUT2D eigenvalue weighted by molar-refractivity contribution is 0.129. The highest BCUT2D eigenvalue weighted by molar-refractivity contribution is 7.89. The van der Waals surface area contributed by atoms with Gasteiger partial charge in [-0.3, -0.25) is 0 Å². The molecule has 1 aliphatic heterocycles. The van der Waals surface area contributed by atoms with Gasteiger partial charge in [0.15, 0.2) is 0 Å². The standard InChI is InChI=1S/C23H22N2O3S/c26-18(15-24-14-13-17-7-1-6-12-23(17)29(24,27)28)16-25-21-10-4-2-8-19(21)20-9-3-5-11-22(20)25/h1-12,18,26H,13-16H2. The molecule has 0 aliphatic carbocycles. The molecule has 4 aromatic rings. The number of nitrogens with zero attached hydrogens (tertiary/aromatic N) is 2. The molecule has 29 heavy (non-hydrogen) atoms. The molecule has 2 heterocycles. The van der Waals surface area contributed by atoms with E-state index in [4.69, 9.17) is 0 Å². The van der Waals surface area contributed by atoms with E-state index in [0.717, 1.165) is 27.4 Å². The van der Waals surface area contributed by atoms with Gasteiger partial charge in [0.1, 0.15) is 0 Å². The van der Waals surface area contributed by atoms with Crippen LogP contribution in [0.25, 0.3) is 21.8 Å². The molecular weight excluding hydrogens is 384 g/mol. The number of β-amino-alcohol motifs (C(OH)–C–C–N with tert-alkyl or cyclic N) is 1. The van der Waals surface area contributed by atoms with E-state index in [2.05, 4.69) is 16.7 Å². The summed E-state index contributed by atoms with van der Waals surface area (Å²) in [5, 5.41) is 13.1. The second kappa shape index (κ2) is 6.99. The Bertz CT molecular complexity index is 1260. The van der Waals surface area contributed by atoms with E-state index in [1.165, 1.54) is 4.31 Å². The Balaban J connectivity index is 1.45. The first-order valence-corrected chi connectivity index (χ1v) is 11.2. The van der Waals surface area contributed by atoms with Crippen molar-refractivity contribution >= 4 is 31.8 Å². The summed E-state index contributed by atoms with van der Waals surface area (Å²) in [4.78, 5) is 0.357. The normalized spacial score (nSPS) is 17.4. The number of para-hydroxylation sites is 2. The molecule has 0 fully saturated rings. The zero-order valence-corrected chi connectivity index (χ0v) is 16.7. The van der Waals surface area contributed by atoms with Gasteiger partial charge < -0.3 is 9.67 Å². The lowest BCUT2D eigenvalue weighted by Crippen LogP contribution is -2.42. The van der Waals surface area contributed by atoms with E-state index in [9.17, 15) is 13.5 Å². The Labute approximate surface area is 169 Å². The van der Waals surface area contributed by atoms with Crippen LogP contribution in [0.2, 0.25) is 0 Å². The summed E-state index contributed by atoms with van der Waals surface area (Å²) in [6.45, 7) is 0.808. The van der Waals surface area contributed by atoms with E-state index in [1.54, 1.807) is 12.1 Å². The highest BCUT2D eigenvalue weighted by Crippen LogP contribution is 2.30. The summed E-state index contributed by atoms with van der Waals surface area (Å²) in [5.74, 6) is 0. The van der Waals surface area contributed by atoms with Gasteiger partial charge in [0.05, 0.1) is 17.5 Å². The summed E-state index contributed by atoms with van der Waals surface area (Å²) >= 11 is 0. The van der Waals surface area contributed by atoms with Crippen molar-refractivity contribution in [2.75, 3.05) is 13.1 Å². The average Bonchev–Trinajstić information content (AvgIpc) is 3.04. The first-order valence-electron chi connectivity index (χ1n) is 9.78. The number of hydrogen-bond acceptors (Lipinski definition) is 3. The highest BCUT2D eigenvalue weighted by Gasteiger charge is 2.32. The van der Waals surface area contributed by atoms with Gasteiger partial charge in [-0.05, 0) is 30.2 Å². The molecule has 1 unspecified atom stereocenters. The van der Waals surface area contributed by atoms with Gasteiger partial charge >= 0.3 is 0 Å². The van der Waals surface area contributed by atoms with Gasteiger partial charge in [0.2, 0.25) is 10.0 Å². The van der Waals surface area contributed by atoms with Gasteiger partial charge in [0.25, 0.3) is 0 Å². The first-order chi connectivity index (χ1) is 14.1. The third-order valence-corrected chi connectivity index (χ3v) is 7.67. The van der Waals surface area contributed by atoms with E-state index < -0.39 is 16.1 Å². The Kier molecular flexibility index (Phi) is 4.42. The van der Waals surface area contributed by atoms with E-state index in [0.29, 0.717) is 24.4 Å². The van der Waals surface area contributed by atoms with Crippen molar-refractivity contribution in [1.82, 2.24) is 8.87 Å². The first kappa shape index (κ1) is 18.4. The summed E-state index contributed by atoms with van der Waals surface area (Å²) in [5.41, 5.74) is 2.93. The van der Waals surface area contributed by atoms with E-state index in [1.807, 2.05) is 48.5 Å². The Morgan fingerprint density at radius 3 is 2.10 bits per heavy atom. The number of fused-ring (bicyclic) bond motifs is 4. The van der Waals surface area contributed by atoms with Gasteiger partial charge in [-0.2, -0.15) is 4.31 Å². The molecule has 5 rings (SSSR count). The van der Waals surface area contributed by atoms with Gasteiger partial charge in [-0.15, -0.1) is 0 Å². The number of hydrogen-bond donors (Lipinski definition) is 1. The molecule has 5 nitrogen and oxygen atoms in total. The molecule has 0 spiro atoms. The van der Waals surface area contributed by atoms with Crippen molar-refractivity contribution in [1.29, 1.82) is 0 Å². The molecule has 0 amide bonds. The summed E-state index contributed by atoms with van der Waals surface area (Å²) in [6, 6.07) is 23.3. The molecular formula is C23H22N2O3S. The van der Waals surface area contributed by atoms with Gasteiger partial charge in [-0.1, -0.05) is 54.6 Å². The molecule has 1 N–H and O–H groups in total. The molecule has 0 saturated carbocycles. The molecule has 1 aliphatic rings. The fourth-order valence-corrected chi connectivity index (χ4v) is 6.09. The maximum absolute atomic E-state index is 13.0. The van der Waals surface area contributed by atoms with Crippen LogP contribution in [0.15, 0.2) is 77.7 Å². The molecule has 3 aromatic carbocycles. The van der Waals surface area contributed by atoms with Crippen LogP contribution in [0.3, 0.4) is 0 Å². The summed E-state index contributed by atoms with van der Waals surface area (Å²) in [6.07, 6.45) is -0.147. The van der Waals surface area contributed by atoms with Crippen molar-refractivity contribution in [2.24, 2.45) is 0 Å². The van der Waals surface area contributed by atoms with Crippen molar-refractivity contribution in [3.05, 3.63) is 78.4 Å². The number of aliphatic hydroxyl groups is 1. The third kappa shape index (κ3) is 3.04. The van der Waals surface area contributed by atoms with Crippen LogP contribution in [0.4, 0.5) is 0 Å². The van der Waals surface area contributed by atoms with Crippen LogP contribution < -0.4 is 0 Å². The van der Waals surface area contributed by atoms with Gasteiger partial charge in [-0.25, -0.2) is 8.42 Å². The van der Waals surface area contributed by atoms with Crippen LogP contribution >= 0.6 is 0 Å². The fraction of sp³-hybridized carbons (Fsp3) is 0.217.